The van der Waals surface area contributed by atoms with Crippen molar-refractivity contribution >= 4 is 19.6 Å². The van der Waals surface area contributed by atoms with Gasteiger partial charge in [0.2, 0.25) is 0 Å². The van der Waals surface area contributed by atoms with Crippen molar-refractivity contribution in [3.8, 4) is 11.5 Å². The van der Waals surface area contributed by atoms with Crippen LogP contribution >= 0.6 is 7.82 Å². The number of phosphoric acid groups is 1. The number of carbonyl (C=O) groups is 2. The summed E-state index contributed by atoms with van der Waals surface area (Å²) >= 11 is 0. The molecule has 0 saturated heterocycles. The Hall–Kier alpha value is -2.41. The molecule has 0 amide bonds. The maximum atomic E-state index is 13.1. The summed E-state index contributed by atoms with van der Waals surface area (Å²) in [6, 6.07) is 15.4. The molecule has 9 heteroatoms. The average Bonchev–Trinajstić information content (AvgIpc) is 2.66. The van der Waals surface area contributed by atoms with Crippen LogP contribution in [0.25, 0.3) is 0 Å². The van der Waals surface area contributed by atoms with E-state index in [0.29, 0.717) is 0 Å². The van der Waals surface area contributed by atoms with Gasteiger partial charge in [0, 0.05) is 5.56 Å². The maximum Gasteiger partial charge on any atom is 1.00 e. The Morgan fingerprint density at radius 3 is 2.06 bits per heavy atom. The molecule has 0 bridgehead atoms. The first kappa shape index (κ1) is 25.8. The molecule has 0 heterocycles. The van der Waals surface area contributed by atoms with Crippen LogP contribution < -0.4 is 43.5 Å². The number of rotatable bonds is 7. The predicted molar refractivity (Wildman–Crippen MR) is 113 cm³/mol. The first-order valence-corrected chi connectivity index (χ1v) is 10.8. The summed E-state index contributed by atoms with van der Waals surface area (Å²) in [7, 11) is -4.94. The molecule has 1 unspecified atom stereocenters. The van der Waals surface area contributed by atoms with Crippen LogP contribution in [0.3, 0.4) is 0 Å². The molecule has 1 atom stereocenters. The van der Waals surface area contributed by atoms with Gasteiger partial charge in [0.25, 0.3) is 0 Å². The van der Waals surface area contributed by atoms with Crippen molar-refractivity contribution < 1.29 is 62.8 Å². The Morgan fingerprint density at radius 2 is 1.50 bits per heavy atom. The van der Waals surface area contributed by atoms with Crippen molar-refractivity contribution in [1.29, 1.82) is 0 Å². The normalized spacial score (nSPS) is 12.2. The Bertz CT molecular complexity index is 1190. The van der Waals surface area contributed by atoms with Crippen LogP contribution in [0, 0.1) is 20.8 Å². The van der Waals surface area contributed by atoms with E-state index >= 15 is 0 Å². The summed E-state index contributed by atoms with van der Waals surface area (Å²) in [4.78, 5) is 37.2. The minimum atomic E-state index is -4.94. The molecule has 3 aromatic carbocycles. The van der Waals surface area contributed by atoms with Crippen LogP contribution in [-0.4, -0.2) is 16.9 Å². The van der Waals surface area contributed by atoms with Crippen molar-refractivity contribution in [2.24, 2.45) is 0 Å². The second kappa shape index (κ2) is 10.5. The number of phosphoric ester groups is 1. The molecule has 0 fully saturated rings. The first-order chi connectivity index (χ1) is 14.6. The van der Waals surface area contributed by atoms with Crippen molar-refractivity contribution in [1.82, 2.24) is 0 Å². The number of aromatic carboxylic acids is 1. The minimum Gasteiger partial charge on any atom is -0.736 e. The zero-order valence-corrected chi connectivity index (χ0v) is 21.0. The van der Waals surface area contributed by atoms with Gasteiger partial charge in [-0.25, -0.2) is 9.36 Å². The monoisotopic (exact) mass is 462 g/mol. The third-order valence-corrected chi connectivity index (χ3v) is 5.40. The van der Waals surface area contributed by atoms with Gasteiger partial charge >= 0.3 is 43.3 Å². The van der Waals surface area contributed by atoms with Crippen LogP contribution in [0.4, 0.5) is 0 Å². The Morgan fingerprint density at radius 1 is 0.906 bits per heavy atom. The van der Waals surface area contributed by atoms with Crippen LogP contribution in [0.15, 0.2) is 60.7 Å². The summed E-state index contributed by atoms with van der Waals surface area (Å²) in [5, 5.41) is 9.42. The Labute approximate surface area is 207 Å². The number of aryl methyl sites for hydroxylation is 2. The van der Waals surface area contributed by atoms with Crippen LogP contribution in [0.5, 0.6) is 11.5 Å². The molecular weight excluding hydrogens is 442 g/mol. The number of ketones is 1. The molecule has 3 aromatic rings. The molecule has 3 rings (SSSR count). The number of carboxylic acid groups (broad SMARTS) is 1. The fraction of sp³-hybridized carbons (Fsp3) is 0.130. The van der Waals surface area contributed by atoms with Crippen LogP contribution in [0.2, 0.25) is 0 Å². The summed E-state index contributed by atoms with van der Waals surface area (Å²) in [6.45, 7) is 5.01. The summed E-state index contributed by atoms with van der Waals surface area (Å²) < 4.78 is 22.8. The van der Waals surface area contributed by atoms with E-state index in [2.05, 4.69) is 0 Å². The molecule has 7 nitrogen and oxygen atoms in total. The molecular formula is C23H20NaO7P. The van der Waals surface area contributed by atoms with E-state index in [1.54, 1.807) is 44.2 Å². The Balaban J connectivity index is 0.00000363. The summed E-state index contributed by atoms with van der Waals surface area (Å²) in [5.74, 6) is -2.05. The van der Waals surface area contributed by atoms with Crippen molar-refractivity contribution in [2.45, 2.75) is 20.8 Å². The smallest absolute Gasteiger partial charge is 0.736 e. The molecule has 0 aliphatic heterocycles. The number of hydrogen-bond acceptors (Lipinski definition) is 6. The molecule has 0 aliphatic carbocycles. The van der Waals surface area contributed by atoms with Gasteiger partial charge in [-0.15, -0.1) is 0 Å². The molecule has 1 N–H and O–H groups in total. The van der Waals surface area contributed by atoms with Gasteiger partial charge in [0.1, 0.15) is 11.5 Å². The van der Waals surface area contributed by atoms with Gasteiger partial charge in [-0.05, 0) is 61.7 Å². The summed E-state index contributed by atoms with van der Waals surface area (Å²) in [5.41, 5.74) is 1.65. The van der Waals surface area contributed by atoms with Crippen molar-refractivity contribution in [3.63, 3.8) is 0 Å². The molecule has 0 aromatic heterocycles. The van der Waals surface area contributed by atoms with E-state index in [9.17, 15) is 24.2 Å². The second-order valence-corrected chi connectivity index (χ2v) is 8.32. The zero-order valence-electron chi connectivity index (χ0n) is 18.1. The van der Waals surface area contributed by atoms with Gasteiger partial charge in [0.15, 0.2) is 5.78 Å². The molecule has 0 spiro atoms. The fourth-order valence-corrected chi connectivity index (χ4v) is 4.06. The third kappa shape index (κ3) is 6.09. The van der Waals surface area contributed by atoms with Crippen molar-refractivity contribution in [2.75, 3.05) is 0 Å². The average molecular weight is 462 g/mol. The number of benzene rings is 3. The maximum absolute atomic E-state index is 13.1. The van der Waals surface area contributed by atoms with Crippen LogP contribution in [0.1, 0.15) is 43.0 Å². The molecule has 0 aliphatic rings. The molecule has 160 valence electrons. The van der Waals surface area contributed by atoms with Gasteiger partial charge in [-0.1, -0.05) is 36.4 Å². The SMILES string of the molecule is Cc1cc(C)cc(OP(=O)([O-])Oc2ccc(C(=O)O)c(C)c2C(=O)c2ccccc2)c1.[Na+]. The van der Waals surface area contributed by atoms with E-state index < -0.39 is 19.6 Å². The molecule has 32 heavy (non-hydrogen) atoms. The van der Waals surface area contributed by atoms with Crippen LogP contribution in [-0.2, 0) is 4.57 Å². The van der Waals surface area contributed by atoms with Gasteiger partial charge < -0.3 is 19.0 Å². The quantitative estimate of drug-likeness (QED) is 0.321. The van der Waals surface area contributed by atoms with Gasteiger partial charge in [-0.2, -0.15) is 0 Å². The van der Waals surface area contributed by atoms with Gasteiger partial charge in [-0.3, -0.25) is 4.79 Å². The number of hydrogen-bond donors (Lipinski definition) is 1. The van der Waals surface area contributed by atoms with Crippen molar-refractivity contribution in [3.05, 3.63) is 94.0 Å². The fourth-order valence-electron chi connectivity index (χ4n) is 3.26. The van der Waals surface area contributed by atoms with Gasteiger partial charge in [0.05, 0.1) is 11.1 Å². The van der Waals surface area contributed by atoms with E-state index in [4.69, 9.17) is 9.05 Å². The topological polar surface area (TPSA) is 113 Å². The number of carbonyl (C=O) groups excluding carboxylic acids is 1. The van der Waals surface area contributed by atoms with E-state index in [-0.39, 0.29) is 63.3 Å². The Kier molecular flexibility index (Phi) is 8.46. The molecule has 0 saturated carbocycles. The second-order valence-electron chi connectivity index (χ2n) is 7.06. The van der Waals surface area contributed by atoms with E-state index in [1.165, 1.54) is 25.1 Å². The first-order valence-electron chi connectivity index (χ1n) is 9.32. The third-order valence-electron chi connectivity index (χ3n) is 4.54. The number of carboxylic acids is 1. The molecule has 0 radical (unpaired) electrons. The minimum absolute atomic E-state index is 0. The predicted octanol–water partition coefficient (Wildman–Crippen LogP) is 1.47. The van der Waals surface area contributed by atoms with E-state index in [0.717, 1.165) is 17.2 Å². The largest absolute Gasteiger partial charge is 1.00 e. The summed E-state index contributed by atoms with van der Waals surface area (Å²) in [6.07, 6.45) is 0. The van der Waals surface area contributed by atoms with E-state index in [1.807, 2.05) is 6.07 Å². The zero-order chi connectivity index (χ0) is 22.8. The standard InChI is InChI=1S/C23H21O7P.Na/c1-14-11-15(2)13-18(12-14)29-31(27,28)30-20-10-9-19(23(25)26)16(3)21(20)22(24)17-7-5-4-6-8-17;/h4-13H,1-3H3,(H,25,26)(H,27,28);/q;+1/p-1.